The van der Waals surface area contributed by atoms with Crippen molar-refractivity contribution in [3.63, 3.8) is 0 Å². The zero-order valence-electron chi connectivity index (χ0n) is 19.4. The van der Waals surface area contributed by atoms with E-state index in [4.69, 9.17) is 9.47 Å². The predicted molar refractivity (Wildman–Crippen MR) is 125 cm³/mol. The van der Waals surface area contributed by atoms with E-state index < -0.39 is 45.5 Å². The quantitative estimate of drug-likeness (QED) is 0.668. The predicted octanol–water partition coefficient (Wildman–Crippen LogP) is 3.34. The molecular formula is C23H32F2N4O5S. The van der Waals surface area contributed by atoms with Gasteiger partial charge in [-0.25, -0.2) is 22.0 Å². The zero-order chi connectivity index (χ0) is 24.8. The van der Waals surface area contributed by atoms with Crippen LogP contribution in [0.4, 0.5) is 13.6 Å². The summed E-state index contributed by atoms with van der Waals surface area (Å²) in [5.41, 5.74) is 0.732. The van der Waals surface area contributed by atoms with Crippen LogP contribution in [0.15, 0.2) is 24.4 Å². The summed E-state index contributed by atoms with van der Waals surface area (Å²) in [6, 6.07) is 2.27. The average Bonchev–Trinajstić information content (AvgIpc) is 3.28. The van der Waals surface area contributed by atoms with Gasteiger partial charge in [-0.3, -0.25) is 4.90 Å². The van der Waals surface area contributed by atoms with E-state index in [1.165, 1.54) is 6.20 Å². The van der Waals surface area contributed by atoms with Crippen molar-refractivity contribution in [3.05, 3.63) is 52.9 Å². The Bertz CT molecular complexity index is 1170. The van der Waals surface area contributed by atoms with E-state index >= 15 is 0 Å². The summed E-state index contributed by atoms with van der Waals surface area (Å²) >= 11 is 0. The first kappa shape index (κ1) is 27.0. The maximum atomic E-state index is 14.5. The summed E-state index contributed by atoms with van der Waals surface area (Å²) in [7, 11) is -3.47. The molecule has 1 aromatic heterocycles. The van der Waals surface area contributed by atoms with Crippen molar-refractivity contribution in [2.75, 3.05) is 12.9 Å². The topological polar surface area (TPSA) is 103 Å². The van der Waals surface area contributed by atoms with Crippen molar-refractivity contribution in [2.45, 2.75) is 71.5 Å². The highest BCUT2D eigenvalue weighted by molar-refractivity contribution is 7.89. The van der Waals surface area contributed by atoms with Gasteiger partial charge in [0, 0.05) is 36.5 Å². The number of benzene rings is 1. The van der Waals surface area contributed by atoms with Gasteiger partial charge < -0.3 is 14.8 Å². The lowest BCUT2D eigenvalue weighted by atomic mass is 9.92. The largest absolute Gasteiger partial charge is 0.444 e. The van der Waals surface area contributed by atoms with E-state index in [1.54, 1.807) is 20.8 Å². The van der Waals surface area contributed by atoms with Crippen molar-refractivity contribution in [1.29, 1.82) is 0 Å². The summed E-state index contributed by atoms with van der Waals surface area (Å²) in [5.74, 6) is -1.23. The molecule has 3 atom stereocenters. The third kappa shape index (κ3) is 6.17. The number of fused-ring (bicyclic) bond motifs is 1. The summed E-state index contributed by atoms with van der Waals surface area (Å²) < 4.78 is 64.2. The lowest BCUT2D eigenvalue weighted by Crippen LogP contribution is -2.52. The molecule has 3 heterocycles. The van der Waals surface area contributed by atoms with Crippen LogP contribution in [-0.2, 0) is 32.6 Å². The lowest BCUT2D eigenvalue weighted by Gasteiger charge is -2.40. The molecule has 1 fully saturated rings. The standard InChI is InChI=1S/C22H28F2N4O5S.CH4/c1-22(2,3)33-21(29)25-18-8-15(12-32-20(18)16-7-14(23)5-6-17(16)24)27-9-13-10-28(34(4,30)31)26-19(13)11-27;/h5-7,10,15,18,20H,8-9,11-12H2,1-4H3,(H,25,29);1H4/t15?,18-,20+;/m0./s1. The molecule has 12 heteroatoms. The van der Waals surface area contributed by atoms with E-state index in [9.17, 15) is 22.0 Å². The molecule has 4 rings (SSSR count). The van der Waals surface area contributed by atoms with Gasteiger partial charge in [0.25, 0.3) is 10.0 Å². The van der Waals surface area contributed by atoms with Crippen LogP contribution >= 0.6 is 0 Å². The van der Waals surface area contributed by atoms with Crippen LogP contribution in [0, 0.1) is 11.6 Å². The third-order valence-electron chi connectivity index (χ3n) is 5.77. The molecule has 1 amide bonds. The van der Waals surface area contributed by atoms with Crippen LogP contribution in [0.2, 0.25) is 0 Å². The number of hydrogen-bond donors (Lipinski definition) is 1. The highest BCUT2D eigenvalue weighted by Crippen LogP contribution is 2.35. The van der Waals surface area contributed by atoms with Crippen LogP contribution in [0.3, 0.4) is 0 Å². The highest BCUT2D eigenvalue weighted by atomic mass is 32.2. The Hall–Kier alpha value is -2.57. The number of ether oxygens (including phenoxy) is 2. The fourth-order valence-electron chi connectivity index (χ4n) is 4.28. The minimum absolute atomic E-state index is 0. The van der Waals surface area contributed by atoms with Crippen molar-refractivity contribution in [1.82, 2.24) is 19.4 Å². The summed E-state index contributed by atoms with van der Waals surface area (Å²) in [5, 5.41) is 6.93. The molecule has 194 valence electrons. The Morgan fingerprint density at radius 2 is 1.97 bits per heavy atom. The minimum atomic E-state index is -3.47. The van der Waals surface area contributed by atoms with E-state index in [0.29, 0.717) is 25.2 Å². The van der Waals surface area contributed by atoms with Crippen LogP contribution < -0.4 is 5.32 Å². The molecule has 0 bridgehead atoms. The Labute approximate surface area is 204 Å². The van der Waals surface area contributed by atoms with Crippen LogP contribution in [0.25, 0.3) is 0 Å². The summed E-state index contributed by atoms with van der Waals surface area (Å²) in [6.07, 6.45) is 1.38. The fraction of sp³-hybridized carbons (Fsp3) is 0.565. The molecule has 35 heavy (non-hydrogen) atoms. The number of aromatic nitrogens is 2. The monoisotopic (exact) mass is 514 g/mol. The second kappa shape index (κ2) is 9.82. The first-order valence-corrected chi connectivity index (χ1v) is 12.7. The SMILES string of the molecule is C.CC(C)(C)OC(=O)N[C@H]1CC(N2Cc3cn(S(C)(=O)=O)nc3C2)CO[C@@H]1c1cc(F)ccc1F. The Balaban J connectivity index is 0.00000342. The normalized spacial score (nSPS) is 22.9. The molecule has 2 aliphatic rings. The van der Waals surface area contributed by atoms with Gasteiger partial charge in [-0.15, -0.1) is 0 Å². The minimum Gasteiger partial charge on any atom is -0.444 e. The number of nitrogens with one attached hydrogen (secondary N) is 1. The first-order chi connectivity index (χ1) is 15.8. The second-order valence-electron chi connectivity index (χ2n) is 9.70. The lowest BCUT2D eigenvalue weighted by molar-refractivity contribution is -0.0629. The highest BCUT2D eigenvalue weighted by Gasteiger charge is 2.40. The molecule has 2 aliphatic heterocycles. The second-order valence-corrected chi connectivity index (χ2v) is 11.5. The van der Waals surface area contributed by atoms with Crippen molar-refractivity contribution < 1.29 is 31.5 Å². The number of nitrogens with zero attached hydrogens (tertiary/aromatic N) is 3. The summed E-state index contributed by atoms with van der Waals surface area (Å²) in [4.78, 5) is 14.6. The van der Waals surface area contributed by atoms with Gasteiger partial charge in [0.15, 0.2) is 0 Å². The molecule has 2 aromatic rings. The van der Waals surface area contributed by atoms with Gasteiger partial charge in [0.1, 0.15) is 23.3 Å². The summed E-state index contributed by atoms with van der Waals surface area (Å²) in [6.45, 7) is 6.26. The molecular weight excluding hydrogens is 482 g/mol. The van der Waals surface area contributed by atoms with Gasteiger partial charge >= 0.3 is 6.09 Å². The molecule has 1 unspecified atom stereocenters. The number of carbonyl (C=O) groups excluding carboxylic acids is 1. The van der Waals surface area contributed by atoms with Crippen molar-refractivity contribution >= 4 is 16.1 Å². The van der Waals surface area contributed by atoms with Gasteiger partial charge in [0.05, 0.1) is 24.6 Å². The zero-order valence-corrected chi connectivity index (χ0v) is 20.2. The molecule has 0 aliphatic carbocycles. The number of halogens is 2. The van der Waals surface area contributed by atoms with Gasteiger partial charge in [-0.05, 0) is 45.4 Å². The maximum Gasteiger partial charge on any atom is 0.407 e. The Morgan fingerprint density at radius 3 is 2.60 bits per heavy atom. The Kier molecular flexibility index (Phi) is 7.59. The number of carbonyl (C=O) groups is 1. The molecule has 0 saturated carbocycles. The van der Waals surface area contributed by atoms with Crippen molar-refractivity contribution in [2.24, 2.45) is 0 Å². The number of hydrogen-bond acceptors (Lipinski definition) is 7. The molecule has 1 N–H and O–H groups in total. The van der Waals surface area contributed by atoms with Gasteiger partial charge in [0.2, 0.25) is 0 Å². The number of alkyl carbamates (subject to hydrolysis) is 1. The first-order valence-electron chi connectivity index (χ1n) is 10.9. The van der Waals surface area contributed by atoms with E-state index in [1.807, 2.05) is 0 Å². The third-order valence-corrected chi connectivity index (χ3v) is 6.63. The molecule has 1 aromatic carbocycles. The molecule has 0 radical (unpaired) electrons. The van der Waals surface area contributed by atoms with Crippen LogP contribution in [-0.4, -0.2) is 59.1 Å². The molecule has 0 spiro atoms. The van der Waals surface area contributed by atoms with Crippen LogP contribution in [0.5, 0.6) is 0 Å². The van der Waals surface area contributed by atoms with E-state index in [0.717, 1.165) is 34.1 Å². The number of rotatable bonds is 4. The fourth-order valence-corrected chi connectivity index (χ4v) is 4.85. The van der Waals surface area contributed by atoms with Crippen molar-refractivity contribution in [3.8, 4) is 0 Å². The smallest absolute Gasteiger partial charge is 0.407 e. The van der Waals surface area contributed by atoms with Gasteiger partial charge in [-0.1, -0.05) is 7.43 Å². The average molecular weight is 515 g/mol. The van der Waals surface area contributed by atoms with Gasteiger partial charge in [-0.2, -0.15) is 9.19 Å². The maximum absolute atomic E-state index is 14.5. The number of amides is 1. The molecule has 9 nitrogen and oxygen atoms in total. The van der Waals surface area contributed by atoms with E-state index in [2.05, 4.69) is 15.3 Å². The van der Waals surface area contributed by atoms with Crippen LogP contribution in [0.1, 0.15) is 57.5 Å². The molecule has 1 saturated heterocycles. The van der Waals surface area contributed by atoms with E-state index in [-0.39, 0.29) is 25.6 Å². The Morgan fingerprint density at radius 1 is 1.26 bits per heavy atom.